The van der Waals surface area contributed by atoms with Crippen LogP contribution in [-0.2, 0) is 14.3 Å². The van der Waals surface area contributed by atoms with Crippen LogP contribution in [0.2, 0.25) is 0 Å². The van der Waals surface area contributed by atoms with Gasteiger partial charge in [0, 0.05) is 12.5 Å². The summed E-state index contributed by atoms with van der Waals surface area (Å²) in [5, 5.41) is 0. The molecule has 0 aromatic heterocycles. The van der Waals surface area contributed by atoms with Crippen LogP contribution in [0, 0.1) is 5.92 Å². The van der Waals surface area contributed by atoms with Gasteiger partial charge in [0.1, 0.15) is 0 Å². The van der Waals surface area contributed by atoms with Crippen LogP contribution in [0.3, 0.4) is 0 Å². The molecule has 0 radical (unpaired) electrons. The van der Waals surface area contributed by atoms with Crippen LogP contribution in [0.1, 0.15) is 13.8 Å². The zero-order valence-corrected chi connectivity index (χ0v) is 12.2. The molecule has 1 aliphatic rings. The van der Waals surface area contributed by atoms with Crippen LogP contribution >= 0.6 is 23.2 Å². The Morgan fingerprint density at radius 3 is 2.44 bits per heavy atom. The van der Waals surface area contributed by atoms with E-state index in [9.17, 15) is 4.79 Å². The van der Waals surface area contributed by atoms with E-state index in [0.29, 0.717) is 32.2 Å². The summed E-state index contributed by atoms with van der Waals surface area (Å²) in [5.41, 5.74) is 0.849. The molecule has 1 heterocycles. The van der Waals surface area contributed by atoms with Crippen molar-refractivity contribution in [2.45, 2.75) is 25.0 Å². The van der Waals surface area contributed by atoms with E-state index in [2.05, 4.69) is 6.58 Å². The molecule has 18 heavy (non-hydrogen) atoms. The second-order valence-electron chi connectivity index (χ2n) is 4.68. The first-order chi connectivity index (χ1) is 8.40. The molecule has 0 N–H and O–H groups in total. The number of rotatable bonds is 5. The van der Waals surface area contributed by atoms with Crippen molar-refractivity contribution in [1.29, 1.82) is 0 Å². The Morgan fingerprint density at radius 1 is 1.44 bits per heavy atom. The molecule has 0 aromatic rings. The van der Waals surface area contributed by atoms with Gasteiger partial charge in [-0.15, -0.1) is 0 Å². The molecule has 6 heteroatoms. The van der Waals surface area contributed by atoms with E-state index < -0.39 is 11.1 Å². The third-order valence-corrected chi connectivity index (χ3v) is 2.84. The first-order valence-corrected chi connectivity index (χ1v) is 6.72. The number of halogens is 2. The maximum Gasteiger partial charge on any atom is 0.256 e. The fraction of sp³-hybridized carbons (Fsp3) is 0.750. The quantitative estimate of drug-likeness (QED) is 0.577. The molecule has 0 aromatic carbocycles. The average molecular weight is 296 g/mol. The lowest BCUT2D eigenvalue weighted by molar-refractivity contribution is -0.204. The number of hydrogen-bond acceptors (Lipinski definition) is 3. The minimum Gasteiger partial charge on any atom is -0.350 e. The van der Waals surface area contributed by atoms with Crippen LogP contribution in [0.15, 0.2) is 12.2 Å². The summed E-state index contributed by atoms with van der Waals surface area (Å²) in [5.74, 6) is 0.0208. The normalized spacial score (nSPS) is 24.1. The van der Waals surface area contributed by atoms with Gasteiger partial charge in [-0.3, -0.25) is 4.79 Å². The fourth-order valence-electron chi connectivity index (χ4n) is 1.62. The second kappa shape index (κ2) is 7.34. The molecular weight excluding hydrogens is 277 g/mol. The van der Waals surface area contributed by atoms with Crippen molar-refractivity contribution in [3.8, 4) is 0 Å². The maximum absolute atomic E-state index is 11.8. The minimum absolute atomic E-state index is 0.314. The summed E-state index contributed by atoms with van der Waals surface area (Å²) >= 11 is 11.2. The zero-order valence-electron chi connectivity index (χ0n) is 10.7. The number of hydrogen-bond donors (Lipinski definition) is 0. The van der Waals surface area contributed by atoms with Gasteiger partial charge >= 0.3 is 0 Å². The molecule has 0 saturated carbocycles. The third-order valence-electron chi connectivity index (χ3n) is 2.46. The van der Waals surface area contributed by atoms with E-state index in [0.717, 1.165) is 5.57 Å². The van der Waals surface area contributed by atoms with Gasteiger partial charge in [-0.25, -0.2) is 0 Å². The van der Waals surface area contributed by atoms with Crippen LogP contribution in [-0.4, -0.2) is 48.2 Å². The summed E-state index contributed by atoms with van der Waals surface area (Å²) in [6.07, 6.45) is -0.420. The standard InChI is InChI=1S/C12H19Cl2NO3/c1-8(2)4-15(12(16)11(13)14)5-10-17-6-9(3)7-18-10/h9-11H,1,4-7H2,2-3H3. The van der Waals surface area contributed by atoms with Crippen molar-refractivity contribution in [2.75, 3.05) is 26.3 Å². The summed E-state index contributed by atoms with van der Waals surface area (Å²) in [7, 11) is 0. The predicted molar refractivity (Wildman–Crippen MR) is 71.7 cm³/mol. The maximum atomic E-state index is 11.8. The SMILES string of the molecule is C=C(C)CN(CC1OCC(C)CO1)C(=O)C(Cl)Cl. The zero-order chi connectivity index (χ0) is 13.7. The van der Waals surface area contributed by atoms with Crippen molar-refractivity contribution in [2.24, 2.45) is 5.92 Å². The molecule has 0 atom stereocenters. The Hall–Kier alpha value is -0.290. The van der Waals surface area contributed by atoms with Crippen molar-refractivity contribution >= 4 is 29.1 Å². The summed E-state index contributed by atoms with van der Waals surface area (Å²) < 4.78 is 11.0. The van der Waals surface area contributed by atoms with Crippen LogP contribution in [0.4, 0.5) is 0 Å². The van der Waals surface area contributed by atoms with Gasteiger partial charge in [-0.1, -0.05) is 42.3 Å². The van der Waals surface area contributed by atoms with E-state index in [1.165, 1.54) is 4.90 Å². The first kappa shape index (κ1) is 15.8. The van der Waals surface area contributed by atoms with Gasteiger partial charge in [-0.05, 0) is 6.92 Å². The lowest BCUT2D eigenvalue weighted by Gasteiger charge is -2.32. The molecule has 0 aliphatic carbocycles. The monoisotopic (exact) mass is 295 g/mol. The first-order valence-electron chi connectivity index (χ1n) is 5.84. The van der Waals surface area contributed by atoms with E-state index in [1.54, 1.807) is 0 Å². The van der Waals surface area contributed by atoms with E-state index in [1.807, 2.05) is 13.8 Å². The molecule has 0 bridgehead atoms. The van der Waals surface area contributed by atoms with Gasteiger partial charge in [0.2, 0.25) is 0 Å². The van der Waals surface area contributed by atoms with E-state index >= 15 is 0 Å². The molecule has 0 unspecified atom stereocenters. The topological polar surface area (TPSA) is 38.8 Å². The Bertz CT molecular complexity index is 302. The number of carbonyl (C=O) groups is 1. The predicted octanol–water partition coefficient (Wildman–Crippen LogP) is 2.20. The highest BCUT2D eigenvalue weighted by molar-refractivity contribution is 6.53. The Morgan fingerprint density at radius 2 is 2.00 bits per heavy atom. The smallest absolute Gasteiger partial charge is 0.256 e. The van der Waals surface area contributed by atoms with E-state index in [4.69, 9.17) is 32.7 Å². The third kappa shape index (κ3) is 5.14. The number of amides is 1. The largest absolute Gasteiger partial charge is 0.350 e. The highest BCUT2D eigenvalue weighted by Crippen LogP contribution is 2.15. The molecule has 1 saturated heterocycles. The van der Waals surface area contributed by atoms with E-state index in [-0.39, 0.29) is 5.91 Å². The van der Waals surface area contributed by atoms with Crippen molar-refractivity contribution < 1.29 is 14.3 Å². The lowest BCUT2D eigenvalue weighted by Crippen LogP contribution is -2.45. The highest BCUT2D eigenvalue weighted by atomic mass is 35.5. The highest BCUT2D eigenvalue weighted by Gasteiger charge is 2.26. The molecule has 104 valence electrons. The fourth-order valence-corrected chi connectivity index (χ4v) is 1.90. The van der Waals surface area contributed by atoms with Crippen LogP contribution in [0.25, 0.3) is 0 Å². The van der Waals surface area contributed by atoms with Crippen molar-refractivity contribution in [3.63, 3.8) is 0 Å². The molecule has 4 nitrogen and oxygen atoms in total. The molecule has 1 rings (SSSR count). The second-order valence-corrected chi connectivity index (χ2v) is 5.77. The van der Waals surface area contributed by atoms with Gasteiger partial charge in [0.05, 0.1) is 19.8 Å². The number of alkyl halides is 2. The van der Waals surface area contributed by atoms with Gasteiger partial charge in [0.15, 0.2) is 11.1 Å². The van der Waals surface area contributed by atoms with Gasteiger partial charge in [-0.2, -0.15) is 0 Å². The number of ether oxygens (including phenoxy) is 2. The number of carbonyl (C=O) groups excluding carboxylic acids is 1. The van der Waals surface area contributed by atoms with Crippen LogP contribution in [0.5, 0.6) is 0 Å². The summed E-state index contributed by atoms with van der Waals surface area (Å²) in [4.78, 5) is 12.3. The molecule has 0 spiro atoms. The summed E-state index contributed by atoms with van der Waals surface area (Å²) in [6.45, 7) is 9.63. The molecule has 1 aliphatic heterocycles. The van der Waals surface area contributed by atoms with Crippen molar-refractivity contribution in [3.05, 3.63) is 12.2 Å². The Labute approximate surface area is 118 Å². The van der Waals surface area contributed by atoms with Gasteiger partial charge < -0.3 is 14.4 Å². The summed E-state index contributed by atoms with van der Waals surface area (Å²) in [6, 6.07) is 0. The number of nitrogens with zero attached hydrogens (tertiary/aromatic N) is 1. The average Bonchev–Trinajstić information content (AvgIpc) is 2.29. The molecule has 1 amide bonds. The minimum atomic E-state index is -1.08. The Balaban J connectivity index is 2.55. The molecular formula is C12H19Cl2NO3. The van der Waals surface area contributed by atoms with Gasteiger partial charge in [0.25, 0.3) is 5.91 Å². The lowest BCUT2D eigenvalue weighted by atomic mass is 10.2. The molecule has 1 fully saturated rings. The Kier molecular flexibility index (Phi) is 6.43. The van der Waals surface area contributed by atoms with Crippen LogP contribution < -0.4 is 0 Å². The van der Waals surface area contributed by atoms with Crippen molar-refractivity contribution in [1.82, 2.24) is 4.90 Å².